The second-order valence-corrected chi connectivity index (χ2v) is 4.64. The summed E-state index contributed by atoms with van der Waals surface area (Å²) in [5, 5.41) is 1.28. The van der Waals surface area contributed by atoms with Crippen molar-refractivity contribution in [3.05, 3.63) is 33.8 Å². The molecule has 86 valence electrons. The molecule has 1 aromatic carbocycles. The van der Waals surface area contributed by atoms with Crippen molar-refractivity contribution in [3.63, 3.8) is 0 Å². The number of benzene rings is 1. The van der Waals surface area contributed by atoms with Crippen LogP contribution in [0.2, 0.25) is 10.0 Å². The summed E-state index contributed by atoms with van der Waals surface area (Å²) in [5.41, 5.74) is 0.896. The summed E-state index contributed by atoms with van der Waals surface area (Å²) in [4.78, 5) is 0. The van der Waals surface area contributed by atoms with Crippen molar-refractivity contribution >= 4 is 23.2 Å². The van der Waals surface area contributed by atoms with E-state index in [1.807, 2.05) is 12.1 Å². The highest BCUT2D eigenvalue weighted by molar-refractivity contribution is 6.34. The monoisotopic (exact) mass is 254 g/mol. The van der Waals surface area contributed by atoms with Gasteiger partial charge < -0.3 is 0 Å². The van der Waals surface area contributed by atoms with Crippen LogP contribution < -0.4 is 0 Å². The molecule has 0 aliphatic rings. The standard InChI is InChI=1S/C14H16Cl2/c1-2-3-4-5-6-7-8-12-9-13(15)11-14(16)10-12/h9-11H,2-6H2,1H3. The van der Waals surface area contributed by atoms with Crippen LogP contribution in [0.3, 0.4) is 0 Å². The first-order valence-corrected chi connectivity index (χ1v) is 6.43. The van der Waals surface area contributed by atoms with Gasteiger partial charge in [0.15, 0.2) is 0 Å². The molecule has 2 heteroatoms. The van der Waals surface area contributed by atoms with E-state index in [4.69, 9.17) is 23.2 Å². The van der Waals surface area contributed by atoms with Crippen LogP contribution in [0.15, 0.2) is 18.2 Å². The molecule has 0 nitrogen and oxygen atoms in total. The zero-order chi connectivity index (χ0) is 11.8. The Hall–Kier alpha value is -0.640. The van der Waals surface area contributed by atoms with Crippen molar-refractivity contribution < 1.29 is 0 Å². The molecule has 0 N–H and O–H groups in total. The van der Waals surface area contributed by atoms with E-state index in [1.54, 1.807) is 6.07 Å². The van der Waals surface area contributed by atoms with Crippen molar-refractivity contribution in [3.8, 4) is 11.8 Å². The summed E-state index contributed by atoms with van der Waals surface area (Å²) in [6.07, 6.45) is 5.95. The molecule has 0 amide bonds. The zero-order valence-electron chi connectivity index (χ0n) is 9.52. The molecular formula is C14H16Cl2. The van der Waals surface area contributed by atoms with Gasteiger partial charge >= 0.3 is 0 Å². The Kier molecular flexibility index (Phi) is 6.38. The predicted octanol–water partition coefficient (Wildman–Crippen LogP) is 5.32. The van der Waals surface area contributed by atoms with Gasteiger partial charge in [-0.2, -0.15) is 0 Å². The van der Waals surface area contributed by atoms with Crippen LogP contribution in [-0.2, 0) is 0 Å². The molecule has 0 atom stereocenters. The van der Waals surface area contributed by atoms with Crippen LogP contribution in [0.4, 0.5) is 0 Å². The van der Waals surface area contributed by atoms with Crippen molar-refractivity contribution in [2.75, 3.05) is 0 Å². The fourth-order valence-corrected chi connectivity index (χ4v) is 1.96. The Morgan fingerprint density at radius 1 is 1.00 bits per heavy atom. The lowest BCUT2D eigenvalue weighted by molar-refractivity contribution is 0.679. The second-order valence-electron chi connectivity index (χ2n) is 3.77. The van der Waals surface area contributed by atoms with Gasteiger partial charge in [-0.05, 0) is 24.6 Å². The minimum absolute atomic E-state index is 0.641. The molecule has 0 unspecified atom stereocenters. The highest BCUT2D eigenvalue weighted by atomic mass is 35.5. The lowest BCUT2D eigenvalue weighted by atomic mass is 10.1. The number of hydrogen-bond acceptors (Lipinski definition) is 0. The third-order valence-electron chi connectivity index (χ3n) is 2.25. The van der Waals surface area contributed by atoms with Gasteiger partial charge in [-0.15, -0.1) is 0 Å². The van der Waals surface area contributed by atoms with Gasteiger partial charge in [0, 0.05) is 22.0 Å². The molecule has 0 saturated heterocycles. The van der Waals surface area contributed by atoms with Crippen molar-refractivity contribution in [1.82, 2.24) is 0 Å². The number of hydrogen-bond donors (Lipinski definition) is 0. The highest BCUT2D eigenvalue weighted by Gasteiger charge is 1.94. The van der Waals surface area contributed by atoms with Crippen LogP contribution in [0.25, 0.3) is 0 Å². The summed E-state index contributed by atoms with van der Waals surface area (Å²) in [6, 6.07) is 5.40. The highest BCUT2D eigenvalue weighted by Crippen LogP contribution is 2.18. The summed E-state index contributed by atoms with van der Waals surface area (Å²) >= 11 is 11.8. The molecule has 0 spiro atoms. The van der Waals surface area contributed by atoms with E-state index in [1.165, 1.54) is 25.7 Å². The molecular weight excluding hydrogens is 239 g/mol. The van der Waals surface area contributed by atoms with Gasteiger partial charge in [0.25, 0.3) is 0 Å². The van der Waals surface area contributed by atoms with Crippen LogP contribution in [0, 0.1) is 11.8 Å². The second kappa shape index (κ2) is 7.60. The Morgan fingerprint density at radius 3 is 2.31 bits per heavy atom. The molecule has 1 aromatic rings. The van der Waals surface area contributed by atoms with E-state index in [0.29, 0.717) is 10.0 Å². The minimum Gasteiger partial charge on any atom is -0.0979 e. The number of rotatable bonds is 4. The van der Waals surface area contributed by atoms with Gasteiger partial charge in [0.05, 0.1) is 0 Å². The molecule has 1 rings (SSSR count). The molecule has 0 heterocycles. The first-order valence-electron chi connectivity index (χ1n) is 5.67. The predicted molar refractivity (Wildman–Crippen MR) is 72.1 cm³/mol. The van der Waals surface area contributed by atoms with Gasteiger partial charge in [0.2, 0.25) is 0 Å². The van der Waals surface area contributed by atoms with E-state index in [9.17, 15) is 0 Å². The van der Waals surface area contributed by atoms with Crippen LogP contribution in [0.1, 0.15) is 44.6 Å². The van der Waals surface area contributed by atoms with E-state index < -0.39 is 0 Å². The maximum Gasteiger partial charge on any atom is 0.0433 e. The Balaban J connectivity index is 2.43. The Bertz CT molecular complexity index is 365. The molecule has 16 heavy (non-hydrogen) atoms. The Morgan fingerprint density at radius 2 is 1.69 bits per heavy atom. The average Bonchev–Trinajstić information content (AvgIpc) is 2.22. The van der Waals surface area contributed by atoms with Gasteiger partial charge in [-0.3, -0.25) is 0 Å². The molecule has 0 aliphatic heterocycles. The third kappa shape index (κ3) is 5.45. The maximum absolute atomic E-state index is 5.88. The summed E-state index contributed by atoms with van der Waals surface area (Å²) in [6.45, 7) is 2.21. The van der Waals surface area contributed by atoms with Crippen LogP contribution >= 0.6 is 23.2 Å². The van der Waals surface area contributed by atoms with Gasteiger partial charge in [-0.1, -0.05) is 61.2 Å². The lowest BCUT2D eigenvalue weighted by Gasteiger charge is -1.95. The Labute approximate surface area is 108 Å². The van der Waals surface area contributed by atoms with Crippen molar-refractivity contribution in [1.29, 1.82) is 0 Å². The smallest absolute Gasteiger partial charge is 0.0433 e. The SMILES string of the molecule is CCCCCCC#Cc1cc(Cl)cc(Cl)c1. The van der Waals surface area contributed by atoms with E-state index >= 15 is 0 Å². The number of unbranched alkanes of at least 4 members (excludes halogenated alkanes) is 4. The fraction of sp³-hybridized carbons (Fsp3) is 0.429. The van der Waals surface area contributed by atoms with Gasteiger partial charge in [0.1, 0.15) is 0 Å². The largest absolute Gasteiger partial charge is 0.0979 e. The first kappa shape index (κ1) is 13.4. The van der Waals surface area contributed by atoms with E-state index in [-0.39, 0.29) is 0 Å². The third-order valence-corrected chi connectivity index (χ3v) is 2.69. The number of halogens is 2. The first-order chi connectivity index (χ1) is 7.72. The summed E-state index contributed by atoms with van der Waals surface area (Å²) in [7, 11) is 0. The fourth-order valence-electron chi connectivity index (χ4n) is 1.43. The van der Waals surface area contributed by atoms with Crippen molar-refractivity contribution in [2.45, 2.75) is 39.0 Å². The summed E-state index contributed by atoms with van der Waals surface area (Å²) in [5.74, 6) is 6.23. The van der Waals surface area contributed by atoms with Crippen molar-refractivity contribution in [2.24, 2.45) is 0 Å². The molecule has 0 bridgehead atoms. The minimum atomic E-state index is 0.641. The normalized spacial score (nSPS) is 9.69. The molecule has 0 saturated carbocycles. The average molecular weight is 255 g/mol. The van der Waals surface area contributed by atoms with Crippen LogP contribution in [0.5, 0.6) is 0 Å². The quantitative estimate of drug-likeness (QED) is 0.504. The van der Waals surface area contributed by atoms with Crippen LogP contribution in [-0.4, -0.2) is 0 Å². The van der Waals surface area contributed by atoms with E-state index in [2.05, 4.69) is 18.8 Å². The lowest BCUT2D eigenvalue weighted by Crippen LogP contribution is -1.77. The van der Waals surface area contributed by atoms with E-state index in [0.717, 1.165) is 12.0 Å². The van der Waals surface area contributed by atoms with Gasteiger partial charge in [-0.25, -0.2) is 0 Å². The topological polar surface area (TPSA) is 0 Å². The molecule has 0 fully saturated rings. The summed E-state index contributed by atoms with van der Waals surface area (Å²) < 4.78 is 0. The molecule has 0 aliphatic carbocycles. The zero-order valence-corrected chi connectivity index (χ0v) is 11.0. The maximum atomic E-state index is 5.88. The molecule has 0 radical (unpaired) electrons. The molecule has 0 aromatic heterocycles.